The molecule has 1 aromatic carbocycles. The van der Waals surface area contributed by atoms with Crippen molar-refractivity contribution < 1.29 is 9.53 Å². The highest BCUT2D eigenvalue weighted by Gasteiger charge is 2.40. The fraction of sp³-hybridized carbons (Fsp3) is 0.500. The first-order valence-corrected chi connectivity index (χ1v) is 6.24. The summed E-state index contributed by atoms with van der Waals surface area (Å²) in [5, 5.41) is 2.90. The van der Waals surface area contributed by atoms with E-state index in [-0.39, 0.29) is 5.91 Å². The Kier molecular flexibility index (Phi) is 2.54. The van der Waals surface area contributed by atoms with Crippen LogP contribution in [0.2, 0.25) is 0 Å². The molecule has 90 valence electrons. The van der Waals surface area contributed by atoms with Crippen LogP contribution in [0.25, 0.3) is 0 Å². The average molecular weight is 231 g/mol. The van der Waals surface area contributed by atoms with E-state index in [1.165, 1.54) is 17.5 Å². The molecule has 1 amide bonds. The predicted octanol–water partition coefficient (Wildman–Crippen LogP) is 1.86. The summed E-state index contributed by atoms with van der Waals surface area (Å²) < 4.78 is 5.58. The van der Waals surface area contributed by atoms with E-state index in [1.54, 1.807) is 6.92 Å². The van der Waals surface area contributed by atoms with Crippen LogP contribution in [0.15, 0.2) is 18.2 Å². The summed E-state index contributed by atoms with van der Waals surface area (Å²) in [7, 11) is 0. The van der Waals surface area contributed by atoms with Gasteiger partial charge in [-0.15, -0.1) is 0 Å². The summed E-state index contributed by atoms with van der Waals surface area (Å²) in [5.74, 6) is 2.37. The number of carbonyl (C=O) groups is 1. The van der Waals surface area contributed by atoms with Crippen LogP contribution in [0.4, 0.5) is 0 Å². The summed E-state index contributed by atoms with van der Waals surface area (Å²) in [6.07, 6.45) is 2.23. The van der Waals surface area contributed by atoms with E-state index in [0.29, 0.717) is 11.8 Å². The number of carbonyl (C=O) groups excluding carboxylic acids is 1. The Balaban J connectivity index is 1.71. The lowest BCUT2D eigenvalue weighted by Crippen LogP contribution is -2.22. The summed E-state index contributed by atoms with van der Waals surface area (Å²) in [5.41, 5.74) is 2.83. The number of rotatable bonds is 3. The first-order valence-electron chi connectivity index (χ1n) is 6.24. The molecule has 2 aliphatic rings. The SMILES string of the molecule is CC(=O)NC[C@@H]1C[C@@H]1c1cccc2c1CCO2. The number of amides is 1. The summed E-state index contributed by atoms with van der Waals surface area (Å²) in [6.45, 7) is 3.20. The Morgan fingerprint density at radius 1 is 1.53 bits per heavy atom. The van der Waals surface area contributed by atoms with Gasteiger partial charge in [0.2, 0.25) is 5.91 Å². The largest absolute Gasteiger partial charge is 0.493 e. The zero-order valence-corrected chi connectivity index (χ0v) is 10.0. The Morgan fingerprint density at radius 3 is 3.24 bits per heavy atom. The van der Waals surface area contributed by atoms with Gasteiger partial charge in [0, 0.05) is 25.5 Å². The van der Waals surface area contributed by atoms with E-state index in [4.69, 9.17) is 4.74 Å². The normalized spacial score (nSPS) is 25.0. The molecule has 0 unspecified atom stereocenters. The van der Waals surface area contributed by atoms with Gasteiger partial charge in [0.15, 0.2) is 0 Å². The second-order valence-corrected chi connectivity index (χ2v) is 4.96. The van der Waals surface area contributed by atoms with Gasteiger partial charge in [-0.3, -0.25) is 4.79 Å². The summed E-state index contributed by atoms with van der Waals surface area (Å²) in [6, 6.07) is 6.34. The quantitative estimate of drug-likeness (QED) is 0.862. The van der Waals surface area contributed by atoms with Crippen molar-refractivity contribution in [2.75, 3.05) is 13.2 Å². The highest BCUT2D eigenvalue weighted by Crippen LogP contribution is 2.50. The first-order chi connectivity index (χ1) is 8.25. The number of benzene rings is 1. The van der Waals surface area contributed by atoms with Crippen LogP contribution in [0.1, 0.15) is 30.4 Å². The summed E-state index contributed by atoms with van der Waals surface area (Å²) >= 11 is 0. The molecule has 3 nitrogen and oxygen atoms in total. The third-order valence-electron chi connectivity index (χ3n) is 3.71. The van der Waals surface area contributed by atoms with Crippen molar-refractivity contribution in [1.29, 1.82) is 0 Å². The molecule has 0 aromatic heterocycles. The van der Waals surface area contributed by atoms with Crippen molar-refractivity contribution >= 4 is 5.91 Å². The van der Waals surface area contributed by atoms with E-state index < -0.39 is 0 Å². The molecule has 3 heteroatoms. The molecule has 17 heavy (non-hydrogen) atoms. The van der Waals surface area contributed by atoms with Gasteiger partial charge in [0.05, 0.1) is 6.61 Å². The van der Waals surface area contributed by atoms with Crippen LogP contribution in [-0.4, -0.2) is 19.1 Å². The van der Waals surface area contributed by atoms with Gasteiger partial charge in [-0.2, -0.15) is 0 Å². The highest BCUT2D eigenvalue weighted by molar-refractivity contribution is 5.72. The molecule has 0 spiro atoms. The molecule has 1 saturated carbocycles. The monoisotopic (exact) mass is 231 g/mol. The number of nitrogens with one attached hydrogen (secondary N) is 1. The molecule has 2 atom stereocenters. The molecular formula is C14H17NO2. The third kappa shape index (κ3) is 2.02. The Hall–Kier alpha value is -1.51. The molecule has 1 heterocycles. The maximum atomic E-state index is 10.9. The molecule has 1 aliphatic heterocycles. The maximum Gasteiger partial charge on any atom is 0.216 e. The van der Waals surface area contributed by atoms with Gasteiger partial charge >= 0.3 is 0 Å². The average Bonchev–Trinajstić information content (AvgIpc) is 2.92. The zero-order chi connectivity index (χ0) is 11.8. The van der Waals surface area contributed by atoms with Gasteiger partial charge in [-0.25, -0.2) is 0 Å². The second kappa shape index (κ2) is 4.06. The second-order valence-electron chi connectivity index (χ2n) is 4.96. The molecule has 1 aliphatic carbocycles. The number of ether oxygens (including phenoxy) is 1. The fourth-order valence-electron chi connectivity index (χ4n) is 2.72. The predicted molar refractivity (Wildman–Crippen MR) is 65.2 cm³/mol. The van der Waals surface area contributed by atoms with E-state index in [9.17, 15) is 4.79 Å². The van der Waals surface area contributed by atoms with Gasteiger partial charge in [0.25, 0.3) is 0 Å². The first kappa shape index (κ1) is 10.6. The van der Waals surface area contributed by atoms with Crippen molar-refractivity contribution in [1.82, 2.24) is 5.32 Å². The van der Waals surface area contributed by atoms with Gasteiger partial charge in [-0.1, -0.05) is 12.1 Å². The van der Waals surface area contributed by atoms with Crippen LogP contribution in [0.3, 0.4) is 0 Å². The molecular weight excluding hydrogens is 214 g/mol. The zero-order valence-electron chi connectivity index (χ0n) is 10.0. The molecule has 0 radical (unpaired) electrons. The third-order valence-corrected chi connectivity index (χ3v) is 3.71. The van der Waals surface area contributed by atoms with Crippen molar-refractivity contribution in [3.8, 4) is 5.75 Å². The molecule has 0 bridgehead atoms. The van der Waals surface area contributed by atoms with Crippen LogP contribution in [-0.2, 0) is 11.2 Å². The maximum absolute atomic E-state index is 10.9. The number of hydrogen-bond donors (Lipinski definition) is 1. The topological polar surface area (TPSA) is 38.3 Å². The van der Waals surface area contributed by atoms with E-state index in [0.717, 1.165) is 25.3 Å². The molecule has 1 fully saturated rings. The Bertz CT molecular complexity index is 456. The van der Waals surface area contributed by atoms with E-state index >= 15 is 0 Å². The van der Waals surface area contributed by atoms with E-state index in [1.807, 2.05) is 0 Å². The molecule has 1 N–H and O–H groups in total. The minimum Gasteiger partial charge on any atom is -0.493 e. The van der Waals surface area contributed by atoms with Gasteiger partial charge in [-0.05, 0) is 29.9 Å². The van der Waals surface area contributed by atoms with Crippen LogP contribution in [0.5, 0.6) is 5.75 Å². The van der Waals surface area contributed by atoms with Crippen molar-refractivity contribution in [2.45, 2.75) is 25.7 Å². The van der Waals surface area contributed by atoms with Gasteiger partial charge in [0.1, 0.15) is 5.75 Å². The van der Waals surface area contributed by atoms with Gasteiger partial charge < -0.3 is 10.1 Å². The highest BCUT2D eigenvalue weighted by atomic mass is 16.5. The standard InChI is InChI=1S/C14H17NO2/c1-9(16)15-8-10-7-13(10)11-3-2-4-14-12(11)5-6-17-14/h2-4,10,13H,5-8H2,1H3,(H,15,16)/t10-,13-/m0/s1. The molecule has 0 saturated heterocycles. The van der Waals surface area contributed by atoms with Crippen molar-refractivity contribution in [2.24, 2.45) is 5.92 Å². The van der Waals surface area contributed by atoms with Crippen LogP contribution >= 0.6 is 0 Å². The smallest absolute Gasteiger partial charge is 0.216 e. The summed E-state index contributed by atoms with van der Waals surface area (Å²) in [4.78, 5) is 10.9. The van der Waals surface area contributed by atoms with Crippen molar-refractivity contribution in [3.63, 3.8) is 0 Å². The lowest BCUT2D eigenvalue weighted by atomic mass is 10.00. The number of hydrogen-bond acceptors (Lipinski definition) is 2. The van der Waals surface area contributed by atoms with E-state index in [2.05, 4.69) is 23.5 Å². The Labute approximate surface area is 101 Å². The number of fused-ring (bicyclic) bond motifs is 1. The van der Waals surface area contributed by atoms with Crippen molar-refractivity contribution in [3.05, 3.63) is 29.3 Å². The minimum atomic E-state index is 0.0669. The Morgan fingerprint density at radius 2 is 2.41 bits per heavy atom. The lowest BCUT2D eigenvalue weighted by Gasteiger charge is -2.06. The van der Waals surface area contributed by atoms with Crippen LogP contribution in [0, 0.1) is 5.92 Å². The fourth-order valence-corrected chi connectivity index (χ4v) is 2.72. The van der Waals surface area contributed by atoms with Crippen LogP contribution < -0.4 is 10.1 Å². The minimum absolute atomic E-state index is 0.0669. The molecule has 1 aromatic rings. The molecule has 3 rings (SSSR count). The lowest BCUT2D eigenvalue weighted by molar-refractivity contribution is -0.119.